The van der Waals surface area contributed by atoms with E-state index in [0.717, 1.165) is 17.5 Å². The average molecular weight is 204 g/mol. The number of carbonyl (C=O) groups is 2. The van der Waals surface area contributed by atoms with Crippen LogP contribution >= 0.6 is 0 Å². The molecule has 0 aromatic heterocycles. The molecule has 0 saturated heterocycles. The number of hydrogen-bond acceptors (Lipinski definition) is 3. The minimum Gasteiger partial charge on any atom is -0.465 e. The third kappa shape index (κ3) is 1.91. The van der Waals surface area contributed by atoms with Crippen LogP contribution in [0.3, 0.4) is 0 Å². The van der Waals surface area contributed by atoms with Crippen molar-refractivity contribution < 1.29 is 14.3 Å². The van der Waals surface area contributed by atoms with Gasteiger partial charge in [-0.25, -0.2) is 4.79 Å². The number of esters is 1. The van der Waals surface area contributed by atoms with Crippen LogP contribution in [0.4, 0.5) is 0 Å². The molecule has 78 valence electrons. The highest BCUT2D eigenvalue weighted by atomic mass is 16.5. The first kappa shape index (κ1) is 9.90. The van der Waals surface area contributed by atoms with Gasteiger partial charge in [-0.05, 0) is 29.7 Å². The van der Waals surface area contributed by atoms with Crippen LogP contribution in [-0.2, 0) is 22.4 Å². The molecule has 0 spiro atoms. The van der Waals surface area contributed by atoms with Crippen molar-refractivity contribution in [1.82, 2.24) is 0 Å². The van der Waals surface area contributed by atoms with Gasteiger partial charge >= 0.3 is 5.97 Å². The first-order valence-electron chi connectivity index (χ1n) is 4.92. The Labute approximate surface area is 88.1 Å². The molecule has 1 aromatic carbocycles. The molecule has 0 heterocycles. The van der Waals surface area contributed by atoms with E-state index in [-0.39, 0.29) is 11.8 Å². The van der Waals surface area contributed by atoms with Gasteiger partial charge in [0, 0.05) is 12.8 Å². The Bertz CT molecular complexity index is 421. The molecule has 0 atom stereocenters. The summed E-state index contributed by atoms with van der Waals surface area (Å²) in [4.78, 5) is 22.5. The highest BCUT2D eigenvalue weighted by Gasteiger charge is 2.17. The average Bonchev–Trinajstić information content (AvgIpc) is 2.27. The van der Waals surface area contributed by atoms with E-state index in [1.165, 1.54) is 7.11 Å². The molecule has 15 heavy (non-hydrogen) atoms. The standard InChI is InChI=1S/C12H12O3/c1-15-12(14)10-3-2-9-7-11(13)5-4-8(9)6-10/h2-3,6H,4-5,7H2,1H3. The van der Waals surface area contributed by atoms with Crippen LogP contribution in [-0.4, -0.2) is 18.9 Å². The van der Waals surface area contributed by atoms with E-state index >= 15 is 0 Å². The minimum absolute atomic E-state index is 0.272. The molecule has 0 unspecified atom stereocenters. The van der Waals surface area contributed by atoms with Crippen molar-refractivity contribution in [3.05, 3.63) is 34.9 Å². The Kier molecular flexibility index (Phi) is 2.54. The zero-order chi connectivity index (χ0) is 10.8. The van der Waals surface area contributed by atoms with Crippen molar-refractivity contribution in [2.24, 2.45) is 0 Å². The number of hydrogen-bond donors (Lipinski definition) is 0. The van der Waals surface area contributed by atoms with Crippen LogP contribution in [0.1, 0.15) is 27.9 Å². The summed E-state index contributed by atoms with van der Waals surface area (Å²) >= 11 is 0. The number of ketones is 1. The monoisotopic (exact) mass is 204 g/mol. The molecule has 2 rings (SSSR count). The van der Waals surface area contributed by atoms with Crippen molar-refractivity contribution in [3.8, 4) is 0 Å². The zero-order valence-corrected chi connectivity index (χ0v) is 8.58. The molecule has 1 aliphatic carbocycles. The molecule has 0 radical (unpaired) electrons. The maximum atomic E-state index is 11.3. The third-order valence-corrected chi connectivity index (χ3v) is 2.69. The van der Waals surface area contributed by atoms with Gasteiger partial charge in [-0.1, -0.05) is 6.07 Å². The number of fused-ring (bicyclic) bond motifs is 1. The second-order valence-corrected chi connectivity index (χ2v) is 3.69. The lowest BCUT2D eigenvalue weighted by atomic mass is 9.89. The van der Waals surface area contributed by atoms with Gasteiger partial charge in [-0.3, -0.25) is 4.79 Å². The first-order valence-corrected chi connectivity index (χ1v) is 4.92. The summed E-state index contributed by atoms with van der Waals surface area (Å²) < 4.78 is 4.64. The van der Waals surface area contributed by atoms with Gasteiger partial charge in [0.1, 0.15) is 5.78 Å². The number of benzene rings is 1. The van der Waals surface area contributed by atoms with Crippen molar-refractivity contribution in [2.75, 3.05) is 7.11 Å². The summed E-state index contributed by atoms with van der Waals surface area (Å²) in [7, 11) is 1.37. The maximum absolute atomic E-state index is 11.3. The van der Waals surface area contributed by atoms with E-state index in [1.807, 2.05) is 12.1 Å². The molecule has 0 amide bonds. The largest absolute Gasteiger partial charge is 0.465 e. The van der Waals surface area contributed by atoms with Crippen LogP contribution in [0.15, 0.2) is 18.2 Å². The SMILES string of the molecule is COC(=O)c1ccc2c(c1)CCC(=O)C2. The van der Waals surface area contributed by atoms with Gasteiger partial charge in [-0.2, -0.15) is 0 Å². The molecule has 1 aromatic rings. The molecule has 0 bridgehead atoms. The number of carbonyl (C=O) groups excluding carboxylic acids is 2. The van der Waals surface area contributed by atoms with Gasteiger partial charge in [-0.15, -0.1) is 0 Å². The normalized spacial score (nSPS) is 14.6. The van der Waals surface area contributed by atoms with E-state index in [9.17, 15) is 9.59 Å². The fraction of sp³-hybridized carbons (Fsp3) is 0.333. The summed E-state index contributed by atoms with van der Waals surface area (Å²) in [5, 5.41) is 0. The van der Waals surface area contributed by atoms with E-state index < -0.39 is 0 Å². The fourth-order valence-electron chi connectivity index (χ4n) is 1.85. The molecule has 0 fully saturated rings. The maximum Gasteiger partial charge on any atom is 0.337 e. The molecule has 0 N–H and O–H groups in total. The van der Waals surface area contributed by atoms with E-state index in [0.29, 0.717) is 18.4 Å². The molecule has 0 saturated carbocycles. The second kappa shape index (κ2) is 3.85. The lowest BCUT2D eigenvalue weighted by molar-refractivity contribution is -0.118. The smallest absolute Gasteiger partial charge is 0.337 e. The molecule has 1 aliphatic rings. The lowest BCUT2D eigenvalue weighted by Gasteiger charge is -2.15. The van der Waals surface area contributed by atoms with E-state index in [4.69, 9.17) is 0 Å². The van der Waals surface area contributed by atoms with E-state index in [1.54, 1.807) is 6.07 Å². The summed E-state index contributed by atoms with van der Waals surface area (Å²) in [6, 6.07) is 5.38. The Morgan fingerprint density at radius 1 is 1.27 bits per heavy atom. The topological polar surface area (TPSA) is 43.4 Å². The Balaban J connectivity index is 2.34. The summed E-state index contributed by atoms with van der Waals surface area (Å²) in [5.41, 5.74) is 2.70. The van der Waals surface area contributed by atoms with Crippen LogP contribution in [0.25, 0.3) is 0 Å². The van der Waals surface area contributed by atoms with Crippen LogP contribution < -0.4 is 0 Å². The van der Waals surface area contributed by atoms with Crippen molar-refractivity contribution in [3.63, 3.8) is 0 Å². The first-order chi connectivity index (χ1) is 7.20. The lowest BCUT2D eigenvalue weighted by Crippen LogP contribution is -2.14. The van der Waals surface area contributed by atoms with Crippen molar-refractivity contribution in [2.45, 2.75) is 19.3 Å². The summed E-state index contributed by atoms with van der Waals surface area (Å²) in [6.45, 7) is 0. The summed E-state index contributed by atoms with van der Waals surface area (Å²) in [5.74, 6) is -0.0528. The predicted octanol–water partition coefficient (Wildman–Crippen LogP) is 1.53. The van der Waals surface area contributed by atoms with Crippen LogP contribution in [0.5, 0.6) is 0 Å². The second-order valence-electron chi connectivity index (χ2n) is 3.69. The van der Waals surface area contributed by atoms with Gasteiger partial charge in [0.15, 0.2) is 0 Å². The number of methoxy groups -OCH3 is 1. The highest BCUT2D eigenvalue weighted by molar-refractivity contribution is 5.90. The Morgan fingerprint density at radius 2 is 2.07 bits per heavy atom. The number of ether oxygens (including phenoxy) is 1. The zero-order valence-electron chi connectivity index (χ0n) is 8.58. The molecule has 0 aliphatic heterocycles. The van der Waals surface area contributed by atoms with Gasteiger partial charge in [0.2, 0.25) is 0 Å². The molecule has 3 heteroatoms. The summed E-state index contributed by atoms with van der Waals surface area (Å²) in [6.07, 6.45) is 1.81. The van der Waals surface area contributed by atoms with Crippen LogP contribution in [0, 0.1) is 0 Å². The minimum atomic E-state index is -0.324. The Morgan fingerprint density at radius 3 is 2.80 bits per heavy atom. The van der Waals surface area contributed by atoms with Gasteiger partial charge in [0.25, 0.3) is 0 Å². The van der Waals surface area contributed by atoms with E-state index in [2.05, 4.69) is 4.74 Å². The number of aryl methyl sites for hydroxylation is 1. The molecule has 3 nitrogen and oxygen atoms in total. The van der Waals surface area contributed by atoms with Gasteiger partial charge in [0.05, 0.1) is 12.7 Å². The van der Waals surface area contributed by atoms with Crippen molar-refractivity contribution in [1.29, 1.82) is 0 Å². The quantitative estimate of drug-likeness (QED) is 0.651. The third-order valence-electron chi connectivity index (χ3n) is 2.69. The molecular formula is C12H12O3. The number of rotatable bonds is 1. The van der Waals surface area contributed by atoms with Crippen LogP contribution in [0.2, 0.25) is 0 Å². The number of Topliss-reactive ketones (excluding diaryl/α,β-unsaturated/α-hetero) is 1. The molecular weight excluding hydrogens is 192 g/mol. The fourth-order valence-corrected chi connectivity index (χ4v) is 1.85. The van der Waals surface area contributed by atoms with Crippen molar-refractivity contribution >= 4 is 11.8 Å². The highest BCUT2D eigenvalue weighted by Crippen LogP contribution is 2.20. The Hall–Kier alpha value is -1.64. The van der Waals surface area contributed by atoms with Gasteiger partial charge < -0.3 is 4.74 Å². The predicted molar refractivity (Wildman–Crippen MR) is 54.8 cm³/mol.